The van der Waals surface area contributed by atoms with E-state index in [1.807, 2.05) is 6.92 Å². The average molecular weight is 220 g/mol. The summed E-state index contributed by atoms with van der Waals surface area (Å²) in [5.74, 6) is 0.00613. The van der Waals surface area contributed by atoms with E-state index in [1.165, 1.54) is 19.0 Å². The number of pyridine rings is 1. The fourth-order valence-electron chi connectivity index (χ4n) is 1.95. The average Bonchev–Trinajstić information content (AvgIpc) is 3.05. The van der Waals surface area contributed by atoms with Gasteiger partial charge in [0, 0.05) is 18.8 Å². The zero-order chi connectivity index (χ0) is 11.7. The number of carboxylic acid groups (broad SMARTS) is 1. The Labute approximate surface area is 94.9 Å². The first kappa shape index (κ1) is 10.9. The molecule has 0 spiro atoms. The van der Waals surface area contributed by atoms with E-state index in [0.29, 0.717) is 6.04 Å². The number of hydrogen-bond acceptors (Lipinski definition) is 3. The van der Waals surface area contributed by atoms with Crippen molar-refractivity contribution < 1.29 is 9.90 Å². The number of aromatic carboxylic acids is 1. The van der Waals surface area contributed by atoms with Crippen molar-refractivity contribution in [1.82, 2.24) is 4.98 Å². The molecular weight excluding hydrogens is 204 g/mol. The van der Waals surface area contributed by atoms with Crippen molar-refractivity contribution in [2.75, 3.05) is 11.4 Å². The van der Waals surface area contributed by atoms with E-state index in [-0.39, 0.29) is 5.56 Å². The van der Waals surface area contributed by atoms with Gasteiger partial charge in [0.2, 0.25) is 0 Å². The Kier molecular flexibility index (Phi) is 2.81. The monoisotopic (exact) mass is 220 g/mol. The molecular formula is C12H16N2O2. The second-order valence-corrected chi connectivity index (χ2v) is 4.19. The predicted molar refractivity (Wildman–Crippen MR) is 62.0 cm³/mol. The van der Waals surface area contributed by atoms with Gasteiger partial charge in [-0.1, -0.05) is 0 Å². The molecule has 0 radical (unpaired) electrons. The van der Waals surface area contributed by atoms with Crippen LogP contribution in [0.3, 0.4) is 0 Å². The highest BCUT2D eigenvalue weighted by Gasteiger charge is 2.29. The molecule has 1 aromatic heterocycles. The summed E-state index contributed by atoms with van der Waals surface area (Å²) in [6.45, 7) is 4.94. The normalized spacial score (nSPS) is 14.9. The van der Waals surface area contributed by atoms with Gasteiger partial charge >= 0.3 is 5.97 Å². The molecule has 1 aliphatic carbocycles. The molecule has 0 unspecified atom stereocenters. The van der Waals surface area contributed by atoms with Crippen LogP contribution in [0.2, 0.25) is 0 Å². The lowest BCUT2D eigenvalue weighted by atomic mass is 10.2. The Bertz CT molecular complexity index is 413. The van der Waals surface area contributed by atoms with Crippen LogP contribution in [0.15, 0.2) is 12.3 Å². The number of aromatic nitrogens is 1. The van der Waals surface area contributed by atoms with E-state index >= 15 is 0 Å². The van der Waals surface area contributed by atoms with Crippen LogP contribution in [0.5, 0.6) is 0 Å². The highest BCUT2D eigenvalue weighted by Crippen LogP contribution is 2.31. The van der Waals surface area contributed by atoms with Crippen LogP contribution in [-0.2, 0) is 0 Å². The van der Waals surface area contributed by atoms with Crippen molar-refractivity contribution in [3.05, 3.63) is 23.4 Å². The van der Waals surface area contributed by atoms with Crippen molar-refractivity contribution in [1.29, 1.82) is 0 Å². The number of hydrogen-bond donors (Lipinski definition) is 1. The summed E-state index contributed by atoms with van der Waals surface area (Å²) >= 11 is 0. The Morgan fingerprint density at radius 1 is 1.62 bits per heavy atom. The maximum Gasteiger partial charge on any atom is 0.337 e. The minimum Gasteiger partial charge on any atom is -0.478 e. The first-order chi connectivity index (χ1) is 7.63. The summed E-state index contributed by atoms with van der Waals surface area (Å²) in [6.07, 6.45) is 3.88. The standard InChI is InChI=1S/C12H16N2O2/c1-3-14(10-4-5-10)11-8(2)6-9(7-13-11)12(15)16/h6-7,10H,3-5H2,1-2H3,(H,15,16). The molecule has 1 fully saturated rings. The van der Waals surface area contributed by atoms with Crippen molar-refractivity contribution >= 4 is 11.8 Å². The molecule has 0 saturated heterocycles. The van der Waals surface area contributed by atoms with Crippen molar-refractivity contribution in [2.45, 2.75) is 32.7 Å². The largest absolute Gasteiger partial charge is 0.478 e. The van der Waals surface area contributed by atoms with Crippen LogP contribution in [0, 0.1) is 6.92 Å². The summed E-state index contributed by atoms with van der Waals surface area (Å²) in [5, 5.41) is 8.86. The summed E-state index contributed by atoms with van der Waals surface area (Å²) in [5.41, 5.74) is 1.20. The van der Waals surface area contributed by atoms with Gasteiger partial charge in [-0.15, -0.1) is 0 Å². The number of carbonyl (C=O) groups is 1. The maximum atomic E-state index is 10.8. The SMILES string of the molecule is CCN(c1ncc(C(=O)O)cc1C)C1CC1. The molecule has 1 aromatic rings. The van der Waals surface area contributed by atoms with E-state index in [0.717, 1.165) is 17.9 Å². The highest BCUT2D eigenvalue weighted by atomic mass is 16.4. The van der Waals surface area contributed by atoms with Gasteiger partial charge < -0.3 is 10.0 Å². The third kappa shape index (κ3) is 2.01. The molecule has 4 nitrogen and oxygen atoms in total. The Morgan fingerprint density at radius 3 is 2.75 bits per heavy atom. The second kappa shape index (κ2) is 4.12. The minimum atomic E-state index is -0.920. The van der Waals surface area contributed by atoms with E-state index in [4.69, 9.17) is 5.11 Å². The first-order valence-electron chi connectivity index (χ1n) is 5.60. The molecule has 1 aliphatic rings. The zero-order valence-corrected chi connectivity index (χ0v) is 9.60. The van der Waals surface area contributed by atoms with Gasteiger partial charge in [-0.25, -0.2) is 9.78 Å². The fraction of sp³-hybridized carbons (Fsp3) is 0.500. The van der Waals surface area contributed by atoms with Crippen LogP contribution in [0.4, 0.5) is 5.82 Å². The van der Waals surface area contributed by atoms with Crippen molar-refractivity contribution in [3.63, 3.8) is 0 Å². The number of nitrogens with zero attached hydrogens (tertiary/aromatic N) is 2. The molecule has 4 heteroatoms. The number of anilines is 1. The van der Waals surface area contributed by atoms with Gasteiger partial charge in [0.15, 0.2) is 0 Å². The number of carboxylic acids is 1. The number of aryl methyl sites for hydroxylation is 1. The third-order valence-electron chi connectivity index (χ3n) is 2.90. The smallest absolute Gasteiger partial charge is 0.337 e. The second-order valence-electron chi connectivity index (χ2n) is 4.19. The summed E-state index contributed by atoms with van der Waals surface area (Å²) < 4.78 is 0. The predicted octanol–water partition coefficient (Wildman–Crippen LogP) is 2.08. The fourth-order valence-corrected chi connectivity index (χ4v) is 1.95. The molecule has 0 aliphatic heterocycles. The molecule has 0 amide bonds. The van der Waals surface area contributed by atoms with Crippen molar-refractivity contribution in [3.8, 4) is 0 Å². The molecule has 1 saturated carbocycles. The minimum absolute atomic E-state index is 0.258. The molecule has 1 heterocycles. The molecule has 2 rings (SSSR count). The lowest BCUT2D eigenvalue weighted by molar-refractivity contribution is 0.0696. The third-order valence-corrected chi connectivity index (χ3v) is 2.90. The molecule has 86 valence electrons. The van der Waals surface area contributed by atoms with Gasteiger partial charge in [-0.3, -0.25) is 0 Å². The van der Waals surface area contributed by atoms with Crippen LogP contribution in [-0.4, -0.2) is 28.6 Å². The molecule has 16 heavy (non-hydrogen) atoms. The Balaban J connectivity index is 2.30. The lowest BCUT2D eigenvalue weighted by Gasteiger charge is -2.23. The summed E-state index contributed by atoms with van der Waals surface area (Å²) in [4.78, 5) is 17.3. The van der Waals surface area contributed by atoms with Gasteiger partial charge in [-0.05, 0) is 38.3 Å². The maximum absolute atomic E-state index is 10.8. The van der Waals surface area contributed by atoms with Crippen LogP contribution in [0.1, 0.15) is 35.7 Å². The van der Waals surface area contributed by atoms with Crippen LogP contribution < -0.4 is 4.90 Å². The van der Waals surface area contributed by atoms with Crippen LogP contribution in [0.25, 0.3) is 0 Å². The van der Waals surface area contributed by atoms with Gasteiger partial charge in [0.1, 0.15) is 5.82 Å². The van der Waals surface area contributed by atoms with E-state index in [1.54, 1.807) is 6.07 Å². The highest BCUT2D eigenvalue weighted by molar-refractivity contribution is 5.87. The molecule has 1 N–H and O–H groups in total. The molecule has 0 atom stereocenters. The van der Waals surface area contributed by atoms with Gasteiger partial charge in [0.05, 0.1) is 5.56 Å². The zero-order valence-electron chi connectivity index (χ0n) is 9.60. The first-order valence-corrected chi connectivity index (χ1v) is 5.60. The number of rotatable bonds is 4. The Hall–Kier alpha value is -1.58. The van der Waals surface area contributed by atoms with Gasteiger partial charge in [0.25, 0.3) is 0 Å². The van der Waals surface area contributed by atoms with E-state index in [2.05, 4.69) is 16.8 Å². The van der Waals surface area contributed by atoms with Gasteiger partial charge in [-0.2, -0.15) is 0 Å². The van der Waals surface area contributed by atoms with Crippen LogP contribution >= 0.6 is 0 Å². The summed E-state index contributed by atoms with van der Waals surface area (Å²) in [7, 11) is 0. The van der Waals surface area contributed by atoms with Crippen molar-refractivity contribution in [2.24, 2.45) is 0 Å². The molecule has 0 bridgehead atoms. The Morgan fingerprint density at radius 2 is 2.31 bits per heavy atom. The van der Waals surface area contributed by atoms with E-state index < -0.39 is 5.97 Å². The lowest BCUT2D eigenvalue weighted by Crippen LogP contribution is -2.27. The molecule has 0 aromatic carbocycles. The summed E-state index contributed by atoms with van der Waals surface area (Å²) in [6, 6.07) is 2.29. The topological polar surface area (TPSA) is 53.4 Å². The van der Waals surface area contributed by atoms with E-state index in [9.17, 15) is 4.79 Å². The quantitative estimate of drug-likeness (QED) is 0.844.